The maximum Gasteiger partial charge on any atom is 0.191 e. The van der Waals surface area contributed by atoms with Crippen LogP contribution in [-0.2, 0) is 13.1 Å². The predicted octanol–water partition coefficient (Wildman–Crippen LogP) is 2.70. The monoisotopic (exact) mass is 301 g/mol. The van der Waals surface area contributed by atoms with Gasteiger partial charge in [-0.25, -0.2) is 4.39 Å². The van der Waals surface area contributed by atoms with Crippen LogP contribution in [0.5, 0.6) is 5.75 Å². The molecule has 2 aromatic rings. The molecule has 0 aliphatic rings. The van der Waals surface area contributed by atoms with Gasteiger partial charge in [-0.3, -0.25) is 4.99 Å². The average molecular weight is 301 g/mol. The van der Waals surface area contributed by atoms with Crippen molar-refractivity contribution in [3.8, 4) is 5.75 Å². The van der Waals surface area contributed by atoms with Crippen LogP contribution in [0.2, 0.25) is 0 Å². The summed E-state index contributed by atoms with van der Waals surface area (Å²) in [5, 5.41) is 6.42. The fourth-order valence-electron chi connectivity index (χ4n) is 2.04. The van der Waals surface area contributed by atoms with E-state index in [4.69, 9.17) is 4.74 Å². The molecule has 0 aliphatic heterocycles. The van der Waals surface area contributed by atoms with Crippen LogP contribution in [0.15, 0.2) is 53.5 Å². The number of methoxy groups -OCH3 is 1. The highest BCUT2D eigenvalue weighted by molar-refractivity contribution is 5.79. The number of nitrogens with zero attached hydrogens (tertiary/aromatic N) is 1. The highest BCUT2D eigenvalue weighted by atomic mass is 19.1. The second kappa shape index (κ2) is 8.02. The van der Waals surface area contributed by atoms with E-state index in [9.17, 15) is 4.39 Å². The van der Waals surface area contributed by atoms with E-state index >= 15 is 0 Å². The highest BCUT2D eigenvalue weighted by Gasteiger charge is 2.03. The largest absolute Gasteiger partial charge is 0.496 e. The van der Waals surface area contributed by atoms with Crippen molar-refractivity contribution in [3.05, 3.63) is 65.5 Å². The molecule has 0 radical (unpaired) electrons. The number of hydrogen-bond acceptors (Lipinski definition) is 2. The number of aliphatic imine (C=N–C) groups is 1. The summed E-state index contributed by atoms with van der Waals surface area (Å²) in [5.74, 6) is 1.28. The van der Waals surface area contributed by atoms with Crippen LogP contribution >= 0.6 is 0 Å². The fourth-order valence-corrected chi connectivity index (χ4v) is 2.04. The molecule has 0 bridgehead atoms. The number of para-hydroxylation sites is 1. The summed E-state index contributed by atoms with van der Waals surface area (Å²) in [5.41, 5.74) is 2.04. The quantitative estimate of drug-likeness (QED) is 0.659. The van der Waals surface area contributed by atoms with Crippen LogP contribution in [0.4, 0.5) is 4.39 Å². The maximum absolute atomic E-state index is 12.9. The smallest absolute Gasteiger partial charge is 0.191 e. The lowest BCUT2D eigenvalue weighted by Crippen LogP contribution is -2.36. The van der Waals surface area contributed by atoms with Gasteiger partial charge in [0.15, 0.2) is 5.96 Å². The molecule has 0 aliphatic carbocycles. The highest BCUT2D eigenvalue weighted by Crippen LogP contribution is 2.16. The Morgan fingerprint density at radius 3 is 2.41 bits per heavy atom. The van der Waals surface area contributed by atoms with Gasteiger partial charge >= 0.3 is 0 Å². The van der Waals surface area contributed by atoms with E-state index in [0.717, 1.165) is 16.9 Å². The Hall–Kier alpha value is -2.56. The van der Waals surface area contributed by atoms with Gasteiger partial charge in [-0.1, -0.05) is 30.3 Å². The molecule has 4 nitrogen and oxygen atoms in total. The number of rotatable bonds is 5. The van der Waals surface area contributed by atoms with Crippen LogP contribution < -0.4 is 15.4 Å². The molecule has 0 heterocycles. The topological polar surface area (TPSA) is 45.7 Å². The Balaban J connectivity index is 1.88. The predicted molar refractivity (Wildman–Crippen MR) is 86.4 cm³/mol. The summed E-state index contributed by atoms with van der Waals surface area (Å²) in [7, 11) is 3.36. The number of nitrogens with one attached hydrogen (secondary N) is 2. The molecule has 2 aromatic carbocycles. The third-order valence-corrected chi connectivity index (χ3v) is 3.24. The molecule has 0 amide bonds. The molecule has 0 atom stereocenters. The number of ether oxygens (including phenoxy) is 1. The van der Waals surface area contributed by atoms with Gasteiger partial charge in [-0.15, -0.1) is 0 Å². The Morgan fingerprint density at radius 1 is 1.05 bits per heavy atom. The standard InChI is InChI=1S/C17H20FN3O/c1-19-17(20-11-13-7-9-15(18)10-8-13)21-12-14-5-3-4-6-16(14)22-2/h3-10H,11-12H2,1-2H3,(H2,19,20,21). The summed E-state index contributed by atoms with van der Waals surface area (Å²) in [6.07, 6.45) is 0. The number of guanidine groups is 1. The molecule has 0 spiro atoms. The molecule has 0 aromatic heterocycles. The van der Waals surface area contributed by atoms with E-state index < -0.39 is 0 Å². The van der Waals surface area contributed by atoms with Crippen LogP contribution in [0.3, 0.4) is 0 Å². The van der Waals surface area contributed by atoms with Crippen LogP contribution in [0.25, 0.3) is 0 Å². The molecule has 2 N–H and O–H groups in total. The van der Waals surface area contributed by atoms with Gasteiger partial charge in [0.2, 0.25) is 0 Å². The fraction of sp³-hybridized carbons (Fsp3) is 0.235. The van der Waals surface area contributed by atoms with Gasteiger partial charge in [-0.2, -0.15) is 0 Å². The number of halogens is 1. The van der Waals surface area contributed by atoms with Gasteiger partial charge in [0, 0.05) is 25.7 Å². The van der Waals surface area contributed by atoms with Gasteiger partial charge < -0.3 is 15.4 Å². The molecule has 2 rings (SSSR count). The van der Waals surface area contributed by atoms with Crippen molar-refractivity contribution >= 4 is 5.96 Å². The van der Waals surface area contributed by atoms with Gasteiger partial charge in [0.25, 0.3) is 0 Å². The van der Waals surface area contributed by atoms with E-state index in [1.54, 1.807) is 26.3 Å². The number of hydrogen-bond donors (Lipinski definition) is 2. The Bertz CT molecular complexity index is 626. The van der Waals surface area contributed by atoms with Crippen molar-refractivity contribution in [2.24, 2.45) is 4.99 Å². The van der Waals surface area contributed by atoms with Crippen molar-refractivity contribution < 1.29 is 9.13 Å². The van der Waals surface area contributed by atoms with E-state index in [2.05, 4.69) is 15.6 Å². The minimum absolute atomic E-state index is 0.234. The van der Waals surface area contributed by atoms with Crippen LogP contribution in [0.1, 0.15) is 11.1 Å². The molecule has 0 saturated heterocycles. The lowest BCUT2D eigenvalue weighted by molar-refractivity contribution is 0.409. The van der Waals surface area contributed by atoms with Crippen molar-refractivity contribution in [3.63, 3.8) is 0 Å². The number of benzene rings is 2. The van der Waals surface area contributed by atoms with E-state index in [1.165, 1.54) is 12.1 Å². The second-order valence-corrected chi connectivity index (χ2v) is 4.72. The zero-order valence-electron chi connectivity index (χ0n) is 12.8. The first-order valence-electron chi connectivity index (χ1n) is 7.04. The van der Waals surface area contributed by atoms with Crippen molar-refractivity contribution in [2.45, 2.75) is 13.1 Å². The van der Waals surface area contributed by atoms with Gasteiger partial charge in [0.05, 0.1) is 7.11 Å². The lowest BCUT2D eigenvalue weighted by atomic mass is 10.2. The summed E-state index contributed by atoms with van der Waals surface area (Å²) < 4.78 is 18.2. The zero-order chi connectivity index (χ0) is 15.8. The van der Waals surface area contributed by atoms with E-state index in [1.807, 2.05) is 24.3 Å². The van der Waals surface area contributed by atoms with Crippen molar-refractivity contribution in [1.82, 2.24) is 10.6 Å². The maximum atomic E-state index is 12.9. The first-order valence-corrected chi connectivity index (χ1v) is 7.04. The van der Waals surface area contributed by atoms with Gasteiger partial charge in [-0.05, 0) is 23.8 Å². The molecule has 0 fully saturated rings. The van der Waals surface area contributed by atoms with E-state index in [-0.39, 0.29) is 5.82 Å². The first-order chi connectivity index (χ1) is 10.7. The summed E-state index contributed by atoms with van der Waals surface area (Å²) in [6.45, 7) is 1.18. The Labute approximate surface area is 130 Å². The van der Waals surface area contributed by atoms with E-state index in [0.29, 0.717) is 19.0 Å². The van der Waals surface area contributed by atoms with Crippen molar-refractivity contribution in [1.29, 1.82) is 0 Å². The third-order valence-electron chi connectivity index (χ3n) is 3.24. The molecular formula is C17H20FN3O. The Kier molecular flexibility index (Phi) is 5.77. The molecule has 5 heteroatoms. The van der Waals surface area contributed by atoms with Gasteiger partial charge in [0.1, 0.15) is 11.6 Å². The summed E-state index contributed by atoms with van der Waals surface area (Å²) >= 11 is 0. The van der Waals surface area contributed by atoms with Crippen LogP contribution in [-0.4, -0.2) is 20.1 Å². The minimum atomic E-state index is -0.234. The lowest BCUT2D eigenvalue weighted by Gasteiger charge is -2.13. The normalized spacial score (nSPS) is 11.1. The molecule has 0 unspecified atom stereocenters. The summed E-state index contributed by atoms with van der Waals surface area (Å²) in [4.78, 5) is 4.17. The average Bonchev–Trinajstić information content (AvgIpc) is 2.57. The van der Waals surface area contributed by atoms with Crippen LogP contribution in [0, 0.1) is 5.82 Å². The SMILES string of the molecule is CN=C(NCc1ccc(F)cc1)NCc1ccccc1OC. The zero-order valence-corrected chi connectivity index (χ0v) is 12.8. The first kappa shape index (κ1) is 15.8. The Morgan fingerprint density at radius 2 is 1.73 bits per heavy atom. The molecule has 22 heavy (non-hydrogen) atoms. The third kappa shape index (κ3) is 4.48. The van der Waals surface area contributed by atoms with Crippen molar-refractivity contribution in [2.75, 3.05) is 14.2 Å². The molecular weight excluding hydrogens is 281 g/mol. The molecule has 116 valence electrons. The summed E-state index contributed by atoms with van der Waals surface area (Å²) in [6, 6.07) is 14.2. The second-order valence-electron chi connectivity index (χ2n) is 4.72. The molecule has 0 saturated carbocycles. The minimum Gasteiger partial charge on any atom is -0.496 e.